The van der Waals surface area contributed by atoms with Crippen molar-refractivity contribution in [2.75, 3.05) is 7.11 Å². The number of nitrogens with zero attached hydrogens (tertiary/aromatic N) is 4. The molecule has 0 aliphatic heterocycles. The third-order valence-corrected chi connectivity index (χ3v) is 3.55. The van der Waals surface area contributed by atoms with Crippen LogP contribution in [0, 0.1) is 0 Å². The van der Waals surface area contributed by atoms with Crippen molar-refractivity contribution in [1.82, 2.24) is 30.4 Å². The Morgan fingerprint density at radius 1 is 1.16 bits per heavy atom. The molecule has 2 amide bonds. The predicted octanol–water partition coefficient (Wildman–Crippen LogP) is 1.67. The second-order valence-corrected chi connectivity index (χ2v) is 5.21. The molecule has 0 fully saturated rings. The van der Waals surface area contributed by atoms with Crippen LogP contribution >= 0.6 is 0 Å². The molecule has 2 aromatic heterocycles. The Morgan fingerprint density at radius 3 is 2.68 bits per heavy atom. The molecule has 8 nitrogen and oxygen atoms in total. The number of benzene rings is 1. The van der Waals surface area contributed by atoms with E-state index in [1.807, 2.05) is 36.4 Å². The van der Waals surface area contributed by atoms with Crippen molar-refractivity contribution in [3.8, 4) is 11.6 Å². The minimum absolute atomic E-state index is 0.260. The van der Waals surface area contributed by atoms with E-state index in [4.69, 9.17) is 4.74 Å². The Labute approximate surface area is 144 Å². The molecule has 3 rings (SSSR count). The zero-order chi connectivity index (χ0) is 17.5. The fraction of sp³-hybridized carbons (Fsp3) is 0.176. The van der Waals surface area contributed by atoms with E-state index in [1.54, 1.807) is 24.3 Å². The van der Waals surface area contributed by atoms with E-state index >= 15 is 0 Å². The maximum absolute atomic E-state index is 12.0. The Balaban J connectivity index is 1.54. The molecule has 25 heavy (non-hydrogen) atoms. The lowest BCUT2D eigenvalue weighted by atomic mass is 10.2. The molecule has 1 aromatic carbocycles. The number of pyridine rings is 1. The molecule has 0 aliphatic carbocycles. The molecule has 2 heterocycles. The third kappa shape index (κ3) is 4.31. The van der Waals surface area contributed by atoms with Gasteiger partial charge in [0, 0.05) is 24.8 Å². The Kier molecular flexibility index (Phi) is 5.20. The van der Waals surface area contributed by atoms with Gasteiger partial charge < -0.3 is 15.4 Å². The zero-order valence-corrected chi connectivity index (χ0v) is 13.7. The van der Waals surface area contributed by atoms with E-state index in [2.05, 4.69) is 25.7 Å². The van der Waals surface area contributed by atoms with Gasteiger partial charge >= 0.3 is 6.03 Å². The van der Waals surface area contributed by atoms with Gasteiger partial charge in [0.15, 0.2) is 5.82 Å². The van der Waals surface area contributed by atoms with Gasteiger partial charge in [0.05, 0.1) is 7.11 Å². The fourth-order valence-corrected chi connectivity index (χ4v) is 2.26. The van der Waals surface area contributed by atoms with E-state index in [0.29, 0.717) is 18.9 Å². The molecule has 0 radical (unpaired) electrons. The molecule has 0 spiro atoms. The molecule has 0 saturated carbocycles. The smallest absolute Gasteiger partial charge is 0.315 e. The van der Waals surface area contributed by atoms with Crippen LogP contribution in [-0.2, 0) is 13.1 Å². The van der Waals surface area contributed by atoms with Crippen LogP contribution in [0.1, 0.15) is 11.1 Å². The van der Waals surface area contributed by atoms with Gasteiger partial charge in [0.25, 0.3) is 0 Å². The number of methoxy groups -OCH3 is 1. The summed E-state index contributed by atoms with van der Waals surface area (Å²) in [4.78, 5) is 20.2. The number of carbonyl (C=O) groups is 1. The van der Waals surface area contributed by atoms with E-state index in [1.165, 1.54) is 6.33 Å². The number of hydrogen-bond donors (Lipinski definition) is 2. The van der Waals surface area contributed by atoms with Gasteiger partial charge in [0.2, 0.25) is 0 Å². The first-order valence-electron chi connectivity index (χ1n) is 7.70. The summed E-state index contributed by atoms with van der Waals surface area (Å²) in [6.07, 6.45) is 4.67. The van der Waals surface area contributed by atoms with Crippen molar-refractivity contribution in [3.63, 3.8) is 0 Å². The second-order valence-electron chi connectivity index (χ2n) is 5.21. The normalized spacial score (nSPS) is 10.3. The number of rotatable bonds is 6. The van der Waals surface area contributed by atoms with Crippen LogP contribution in [0.5, 0.6) is 5.75 Å². The summed E-state index contributed by atoms with van der Waals surface area (Å²) in [7, 11) is 1.62. The van der Waals surface area contributed by atoms with Crippen molar-refractivity contribution < 1.29 is 9.53 Å². The van der Waals surface area contributed by atoms with Crippen LogP contribution in [-0.4, -0.2) is 32.9 Å². The molecule has 0 saturated heterocycles. The number of nitrogens with one attached hydrogen (secondary N) is 2. The minimum Gasteiger partial charge on any atom is -0.497 e. The standard InChI is InChI=1S/C17H18N6O2/c1-25-15-6-4-13(5-7-15)9-20-17(24)21-10-14-3-2-8-19-16(14)23-12-18-11-22-23/h2-8,11-12H,9-10H2,1H3,(H2,20,21,24). The predicted molar refractivity (Wildman–Crippen MR) is 91.2 cm³/mol. The number of amides is 2. The van der Waals surface area contributed by atoms with Crippen LogP contribution < -0.4 is 15.4 Å². The number of urea groups is 1. The van der Waals surface area contributed by atoms with Crippen LogP contribution in [0.2, 0.25) is 0 Å². The Morgan fingerprint density at radius 2 is 1.96 bits per heavy atom. The maximum Gasteiger partial charge on any atom is 0.315 e. The van der Waals surface area contributed by atoms with Crippen LogP contribution in [0.15, 0.2) is 55.2 Å². The molecule has 0 aliphatic rings. The summed E-state index contributed by atoms with van der Waals surface area (Å²) in [5.74, 6) is 1.42. The highest BCUT2D eigenvalue weighted by Gasteiger charge is 2.08. The highest BCUT2D eigenvalue weighted by molar-refractivity contribution is 5.73. The van der Waals surface area contributed by atoms with Gasteiger partial charge in [-0.25, -0.2) is 19.4 Å². The fourth-order valence-electron chi connectivity index (χ4n) is 2.26. The first-order valence-corrected chi connectivity index (χ1v) is 7.70. The molecule has 3 aromatic rings. The van der Waals surface area contributed by atoms with Crippen LogP contribution in [0.4, 0.5) is 4.79 Å². The number of ether oxygens (including phenoxy) is 1. The SMILES string of the molecule is COc1ccc(CNC(=O)NCc2cccnc2-n2cncn2)cc1. The second kappa shape index (κ2) is 7.91. The van der Waals surface area contributed by atoms with Gasteiger partial charge in [0.1, 0.15) is 18.4 Å². The lowest BCUT2D eigenvalue weighted by Crippen LogP contribution is -2.34. The number of carbonyl (C=O) groups excluding carboxylic acids is 1. The summed E-state index contributed by atoms with van der Waals surface area (Å²) >= 11 is 0. The monoisotopic (exact) mass is 338 g/mol. The van der Waals surface area contributed by atoms with Gasteiger partial charge in [-0.1, -0.05) is 18.2 Å². The first kappa shape index (κ1) is 16.4. The van der Waals surface area contributed by atoms with Crippen LogP contribution in [0.3, 0.4) is 0 Å². The molecular weight excluding hydrogens is 320 g/mol. The molecule has 0 bridgehead atoms. The van der Waals surface area contributed by atoms with E-state index in [0.717, 1.165) is 16.9 Å². The average Bonchev–Trinajstić information content (AvgIpc) is 3.20. The zero-order valence-electron chi connectivity index (χ0n) is 13.7. The van der Waals surface area contributed by atoms with E-state index in [-0.39, 0.29) is 6.03 Å². The topological polar surface area (TPSA) is 94.0 Å². The summed E-state index contributed by atoms with van der Waals surface area (Å²) in [6, 6.07) is 11.0. The lowest BCUT2D eigenvalue weighted by molar-refractivity contribution is 0.240. The van der Waals surface area contributed by atoms with Gasteiger partial charge in [-0.3, -0.25) is 0 Å². The van der Waals surface area contributed by atoms with Gasteiger partial charge in [-0.15, -0.1) is 0 Å². The highest BCUT2D eigenvalue weighted by Crippen LogP contribution is 2.11. The van der Waals surface area contributed by atoms with Crippen molar-refractivity contribution in [2.45, 2.75) is 13.1 Å². The molecule has 8 heteroatoms. The van der Waals surface area contributed by atoms with E-state index in [9.17, 15) is 4.79 Å². The van der Waals surface area contributed by atoms with Gasteiger partial charge in [-0.05, 0) is 23.8 Å². The molecule has 128 valence electrons. The summed E-state index contributed by atoms with van der Waals surface area (Å²) < 4.78 is 6.67. The van der Waals surface area contributed by atoms with Crippen molar-refractivity contribution >= 4 is 6.03 Å². The van der Waals surface area contributed by atoms with E-state index < -0.39 is 0 Å². The van der Waals surface area contributed by atoms with Crippen molar-refractivity contribution in [2.24, 2.45) is 0 Å². The first-order chi connectivity index (χ1) is 12.3. The molecule has 0 atom stereocenters. The Hall–Kier alpha value is -3.42. The minimum atomic E-state index is -0.260. The Bertz CT molecular complexity index is 817. The number of aromatic nitrogens is 4. The quantitative estimate of drug-likeness (QED) is 0.713. The summed E-state index contributed by atoms with van der Waals surface area (Å²) in [5, 5.41) is 9.70. The van der Waals surface area contributed by atoms with Crippen molar-refractivity contribution in [1.29, 1.82) is 0 Å². The highest BCUT2D eigenvalue weighted by atomic mass is 16.5. The maximum atomic E-state index is 12.0. The molecule has 2 N–H and O–H groups in total. The van der Waals surface area contributed by atoms with Crippen molar-refractivity contribution in [3.05, 3.63) is 66.4 Å². The number of hydrogen-bond acceptors (Lipinski definition) is 5. The largest absolute Gasteiger partial charge is 0.497 e. The summed E-state index contributed by atoms with van der Waals surface area (Å²) in [6.45, 7) is 0.760. The molecule has 0 unspecified atom stereocenters. The molecular formula is C17H18N6O2. The lowest BCUT2D eigenvalue weighted by Gasteiger charge is -2.10. The summed E-state index contributed by atoms with van der Waals surface area (Å²) in [5.41, 5.74) is 1.83. The van der Waals surface area contributed by atoms with Crippen LogP contribution in [0.25, 0.3) is 5.82 Å². The van der Waals surface area contributed by atoms with Gasteiger partial charge in [-0.2, -0.15) is 5.10 Å². The third-order valence-electron chi connectivity index (χ3n) is 3.55. The average molecular weight is 338 g/mol.